The second-order valence-electron chi connectivity index (χ2n) is 7.34. The van der Waals surface area contributed by atoms with Gasteiger partial charge >= 0.3 is 5.97 Å². The third kappa shape index (κ3) is 8.30. The van der Waals surface area contributed by atoms with E-state index >= 15 is 0 Å². The molecule has 2 aromatic rings. The van der Waals surface area contributed by atoms with Gasteiger partial charge in [-0.2, -0.15) is 11.8 Å². The molecule has 2 N–H and O–H groups in total. The van der Waals surface area contributed by atoms with Crippen molar-refractivity contribution in [1.82, 2.24) is 5.32 Å². The molecule has 2 aromatic carbocycles. The highest BCUT2D eigenvalue weighted by atomic mass is 32.2. The van der Waals surface area contributed by atoms with Gasteiger partial charge in [-0.05, 0) is 17.7 Å². The van der Waals surface area contributed by atoms with Crippen molar-refractivity contribution < 1.29 is 19.5 Å². The molecule has 2 rings (SSSR count). The second kappa shape index (κ2) is 12.4. The van der Waals surface area contributed by atoms with Crippen LogP contribution in [0, 0.1) is 5.92 Å². The van der Waals surface area contributed by atoms with Gasteiger partial charge in [0, 0.05) is 48.5 Å². The lowest BCUT2D eigenvalue weighted by molar-refractivity contribution is -0.141. The molecule has 8 heteroatoms. The Kier molecular flexibility index (Phi) is 9.94. The number of nitrogens with one attached hydrogen (secondary N) is 1. The Morgan fingerprint density at radius 2 is 1.74 bits per heavy atom. The average molecular weight is 461 g/mol. The van der Waals surface area contributed by atoms with Crippen LogP contribution in [0.15, 0.2) is 54.6 Å². The Balaban J connectivity index is 1.82. The molecule has 0 unspecified atom stereocenters. The zero-order valence-electron chi connectivity index (χ0n) is 17.9. The topological polar surface area (TPSA) is 86.7 Å². The van der Waals surface area contributed by atoms with Crippen LogP contribution in [0.3, 0.4) is 0 Å². The molecule has 1 amide bonds. The molecular formula is C23H28N2O4S2. The molecule has 166 valence electrons. The maximum Gasteiger partial charge on any atom is 0.327 e. The summed E-state index contributed by atoms with van der Waals surface area (Å²) in [6, 6.07) is 15.9. The van der Waals surface area contributed by atoms with Gasteiger partial charge in [0.2, 0.25) is 11.0 Å². The molecule has 0 aliphatic carbocycles. The summed E-state index contributed by atoms with van der Waals surface area (Å²) in [6.45, 7) is 1.69. The minimum Gasteiger partial charge on any atom is -0.480 e. The molecule has 0 aliphatic rings. The van der Waals surface area contributed by atoms with E-state index in [0.717, 1.165) is 23.0 Å². The lowest BCUT2D eigenvalue weighted by Crippen LogP contribution is -2.45. The smallest absolute Gasteiger partial charge is 0.327 e. The minimum atomic E-state index is -1.07. The van der Waals surface area contributed by atoms with Crippen LogP contribution in [0.1, 0.15) is 22.8 Å². The lowest BCUT2D eigenvalue weighted by atomic mass is 10.2. The number of nitrogens with zero attached hydrogens (tertiary/aromatic N) is 1. The van der Waals surface area contributed by atoms with E-state index in [2.05, 4.69) is 11.4 Å². The van der Waals surface area contributed by atoms with E-state index < -0.39 is 17.9 Å². The number of hydrogen-bond donors (Lipinski definition) is 2. The number of aliphatic carboxylic acids is 1. The number of carboxylic acids is 1. The van der Waals surface area contributed by atoms with Crippen molar-refractivity contribution >= 4 is 46.2 Å². The molecule has 31 heavy (non-hydrogen) atoms. The summed E-state index contributed by atoms with van der Waals surface area (Å²) < 4.78 is 0. The summed E-state index contributed by atoms with van der Waals surface area (Å²) in [7, 11) is 3.93. The van der Waals surface area contributed by atoms with Gasteiger partial charge in [-0.3, -0.25) is 9.59 Å². The number of anilines is 1. The minimum absolute atomic E-state index is 0.106. The van der Waals surface area contributed by atoms with Crippen molar-refractivity contribution in [1.29, 1.82) is 0 Å². The zero-order chi connectivity index (χ0) is 22.8. The van der Waals surface area contributed by atoms with Crippen LogP contribution >= 0.6 is 23.5 Å². The number of thioether (sulfide) groups is 2. The van der Waals surface area contributed by atoms with E-state index in [9.17, 15) is 19.5 Å². The van der Waals surface area contributed by atoms with E-state index in [-0.39, 0.29) is 22.5 Å². The Bertz CT molecular complexity index is 890. The van der Waals surface area contributed by atoms with E-state index in [1.165, 1.54) is 11.8 Å². The number of amides is 1. The van der Waals surface area contributed by atoms with E-state index in [1.807, 2.05) is 43.3 Å². The highest BCUT2D eigenvalue weighted by Gasteiger charge is 2.23. The van der Waals surface area contributed by atoms with Gasteiger partial charge in [0.15, 0.2) is 0 Å². The summed E-state index contributed by atoms with van der Waals surface area (Å²) >= 11 is 2.52. The molecule has 0 bridgehead atoms. The Morgan fingerprint density at radius 3 is 2.39 bits per heavy atom. The van der Waals surface area contributed by atoms with Gasteiger partial charge in [0.25, 0.3) is 0 Å². The van der Waals surface area contributed by atoms with Crippen molar-refractivity contribution in [3.8, 4) is 0 Å². The van der Waals surface area contributed by atoms with E-state index in [4.69, 9.17) is 0 Å². The second-order valence-corrected chi connectivity index (χ2v) is 9.37. The first-order valence-corrected chi connectivity index (χ1v) is 12.0. The molecule has 0 aromatic heterocycles. The number of benzene rings is 2. The molecule has 2 atom stereocenters. The van der Waals surface area contributed by atoms with Crippen LogP contribution < -0.4 is 10.2 Å². The average Bonchev–Trinajstić information content (AvgIpc) is 2.77. The van der Waals surface area contributed by atoms with Gasteiger partial charge in [0.1, 0.15) is 6.04 Å². The number of rotatable bonds is 11. The molecule has 0 heterocycles. The standard InChI is InChI=1S/C23H28N2O4S2/c1-16(13-31-23(29)18-9-5-4-6-10-18)21(26)24-20(22(27)28)15-30-14-17-8-7-11-19(12-17)25(2)3/h4-12,16,20H,13-15H2,1-3H3,(H,24,26)(H,27,28)/t16-,20+/m1/s1. The van der Waals surface area contributed by atoms with Crippen LogP contribution in [-0.2, 0) is 15.3 Å². The third-order valence-corrected chi connectivity index (χ3v) is 6.79. The predicted molar refractivity (Wildman–Crippen MR) is 129 cm³/mol. The molecule has 0 saturated carbocycles. The summed E-state index contributed by atoms with van der Waals surface area (Å²) in [5, 5.41) is 12.0. The summed E-state index contributed by atoms with van der Waals surface area (Å²) in [5.41, 5.74) is 2.76. The monoisotopic (exact) mass is 460 g/mol. The van der Waals surface area contributed by atoms with E-state index in [0.29, 0.717) is 11.3 Å². The molecule has 0 fully saturated rings. The normalized spacial score (nSPS) is 12.6. The van der Waals surface area contributed by atoms with E-state index in [1.54, 1.807) is 31.2 Å². The SMILES string of the molecule is C[C@H](CSC(=O)c1ccccc1)C(=O)N[C@@H](CSCc1cccc(N(C)C)c1)C(=O)O. The summed E-state index contributed by atoms with van der Waals surface area (Å²) in [4.78, 5) is 38.2. The molecule has 0 aliphatic heterocycles. The molecular weight excluding hydrogens is 432 g/mol. The Morgan fingerprint density at radius 1 is 1.03 bits per heavy atom. The maximum absolute atomic E-state index is 12.4. The van der Waals surface area contributed by atoms with Crippen LogP contribution in [-0.4, -0.2) is 53.7 Å². The maximum atomic E-state index is 12.4. The Hall–Kier alpha value is -2.45. The first-order chi connectivity index (χ1) is 14.8. The largest absolute Gasteiger partial charge is 0.480 e. The number of hydrogen-bond acceptors (Lipinski definition) is 6. The fourth-order valence-corrected chi connectivity index (χ4v) is 4.49. The molecule has 0 spiro atoms. The van der Waals surface area contributed by atoms with Gasteiger partial charge < -0.3 is 15.3 Å². The third-order valence-electron chi connectivity index (χ3n) is 4.52. The first-order valence-electron chi connectivity index (χ1n) is 9.87. The number of carbonyl (C=O) groups is 3. The van der Waals surface area contributed by atoms with Crippen molar-refractivity contribution in [3.05, 3.63) is 65.7 Å². The fourth-order valence-electron chi connectivity index (χ4n) is 2.64. The molecule has 0 saturated heterocycles. The van der Waals surface area contributed by atoms with Gasteiger partial charge in [-0.25, -0.2) is 4.79 Å². The zero-order valence-corrected chi connectivity index (χ0v) is 19.5. The lowest BCUT2D eigenvalue weighted by Gasteiger charge is -2.18. The van der Waals surface area contributed by atoms with Crippen molar-refractivity contribution in [2.45, 2.75) is 18.7 Å². The van der Waals surface area contributed by atoms with Gasteiger partial charge in [-0.15, -0.1) is 0 Å². The molecule has 6 nitrogen and oxygen atoms in total. The first kappa shape index (κ1) is 24.8. The van der Waals surface area contributed by atoms with Crippen LogP contribution in [0.2, 0.25) is 0 Å². The van der Waals surface area contributed by atoms with Crippen molar-refractivity contribution in [2.75, 3.05) is 30.5 Å². The summed E-state index contributed by atoms with van der Waals surface area (Å²) in [5.74, 6) is -0.717. The quantitative estimate of drug-likeness (QED) is 0.528. The fraction of sp³-hybridized carbons (Fsp3) is 0.348. The Labute approximate surface area is 191 Å². The van der Waals surface area contributed by atoms with Crippen LogP contribution in [0.25, 0.3) is 0 Å². The summed E-state index contributed by atoms with van der Waals surface area (Å²) in [6.07, 6.45) is 0. The highest BCUT2D eigenvalue weighted by Crippen LogP contribution is 2.19. The number of carboxylic acid groups (broad SMARTS) is 1. The van der Waals surface area contributed by atoms with Crippen LogP contribution in [0.5, 0.6) is 0 Å². The van der Waals surface area contributed by atoms with Crippen molar-refractivity contribution in [3.63, 3.8) is 0 Å². The van der Waals surface area contributed by atoms with Crippen molar-refractivity contribution in [2.24, 2.45) is 5.92 Å². The number of carbonyl (C=O) groups excluding carboxylic acids is 2. The molecule has 0 radical (unpaired) electrons. The predicted octanol–water partition coefficient (Wildman–Crippen LogP) is 3.76. The van der Waals surface area contributed by atoms with Gasteiger partial charge in [0.05, 0.1) is 0 Å². The highest BCUT2D eigenvalue weighted by molar-refractivity contribution is 8.14. The van der Waals surface area contributed by atoms with Gasteiger partial charge in [-0.1, -0.05) is 61.2 Å². The van der Waals surface area contributed by atoms with Crippen LogP contribution in [0.4, 0.5) is 5.69 Å².